The van der Waals surface area contributed by atoms with Crippen molar-refractivity contribution in [1.29, 1.82) is 0 Å². The molecule has 0 aliphatic rings. The Balaban J connectivity index is 1.85. The summed E-state index contributed by atoms with van der Waals surface area (Å²) in [6, 6.07) is 23.1. The SMILES string of the molecule is Nc1ccc(-c2cc(C(=O)O)ccc2Oc2ccc(C(=O)O)cc2-c2ccc(N)cc2)cc1. The monoisotopic (exact) mass is 440 g/mol. The topological polar surface area (TPSA) is 136 Å². The van der Waals surface area contributed by atoms with E-state index in [2.05, 4.69) is 0 Å². The molecule has 33 heavy (non-hydrogen) atoms. The minimum absolute atomic E-state index is 0.106. The van der Waals surface area contributed by atoms with Crippen LogP contribution in [0.4, 0.5) is 11.4 Å². The van der Waals surface area contributed by atoms with E-state index in [1.54, 1.807) is 60.7 Å². The summed E-state index contributed by atoms with van der Waals surface area (Å²) in [5.74, 6) is -1.31. The lowest BCUT2D eigenvalue weighted by molar-refractivity contribution is 0.0686. The molecule has 0 aliphatic heterocycles. The lowest BCUT2D eigenvalue weighted by Crippen LogP contribution is -2.00. The molecule has 0 aromatic heterocycles. The van der Waals surface area contributed by atoms with Gasteiger partial charge in [0.05, 0.1) is 11.1 Å². The number of carboxylic acids is 2. The first-order valence-electron chi connectivity index (χ1n) is 9.96. The third kappa shape index (κ3) is 4.62. The van der Waals surface area contributed by atoms with Crippen molar-refractivity contribution in [3.05, 3.63) is 96.1 Å². The predicted molar refractivity (Wildman–Crippen MR) is 127 cm³/mol. The Bertz CT molecular complexity index is 1240. The van der Waals surface area contributed by atoms with Gasteiger partial charge in [-0.2, -0.15) is 0 Å². The molecule has 7 nitrogen and oxygen atoms in total. The van der Waals surface area contributed by atoms with E-state index in [-0.39, 0.29) is 11.1 Å². The molecule has 0 spiro atoms. The highest BCUT2D eigenvalue weighted by Crippen LogP contribution is 2.39. The van der Waals surface area contributed by atoms with Gasteiger partial charge in [-0.3, -0.25) is 0 Å². The second-order valence-corrected chi connectivity index (χ2v) is 7.38. The molecule has 0 atom stereocenters. The maximum atomic E-state index is 11.5. The summed E-state index contributed by atoms with van der Waals surface area (Å²) < 4.78 is 6.23. The molecule has 0 heterocycles. The van der Waals surface area contributed by atoms with Crippen molar-refractivity contribution in [2.75, 3.05) is 11.5 Å². The highest BCUT2D eigenvalue weighted by Gasteiger charge is 2.16. The number of rotatable bonds is 6. The average molecular weight is 440 g/mol. The van der Waals surface area contributed by atoms with Gasteiger partial charge >= 0.3 is 11.9 Å². The summed E-state index contributed by atoms with van der Waals surface area (Å²) >= 11 is 0. The number of hydrogen-bond donors (Lipinski definition) is 4. The Morgan fingerprint density at radius 2 is 0.939 bits per heavy atom. The van der Waals surface area contributed by atoms with E-state index < -0.39 is 11.9 Å². The zero-order valence-corrected chi connectivity index (χ0v) is 17.4. The Hall–Kier alpha value is -4.78. The molecule has 4 aromatic carbocycles. The van der Waals surface area contributed by atoms with Gasteiger partial charge in [-0.1, -0.05) is 24.3 Å². The van der Waals surface area contributed by atoms with Gasteiger partial charge in [0.15, 0.2) is 0 Å². The van der Waals surface area contributed by atoms with Gasteiger partial charge in [-0.15, -0.1) is 0 Å². The fourth-order valence-corrected chi connectivity index (χ4v) is 3.40. The first kappa shape index (κ1) is 21.5. The van der Waals surface area contributed by atoms with Crippen molar-refractivity contribution < 1.29 is 24.5 Å². The number of benzene rings is 4. The molecular weight excluding hydrogens is 420 g/mol. The number of carbonyl (C=O) groups is 2. The van der Waals surface area contributed by atoms with Gasteiger partial charge in [-0.05, 0) is 71.8 Å². The second-order valence-electron chi connectivity index (χ2n) is 7.38. The van der Waals surface area contributed by atoms with Gasteiger partial charge in [0.2, 0.25) is 0 Å². The van der Waals surface area contributed by atoms with Gasteiger partial charge in [0, 0.05) is 22.5 Å². The van der Waals surface area contributed by atoms with E-state index in [0.29, 0.717) is 34.0 Å². The highest BCUT2D eigenvalue weighted by molar-refractivity contribution is 5.92. The second kappa shape index (κ2) is 8.76. The van der Waals surface area contributed by atoms with Crippen molar-refractivity contribution in [3.63, 3.8) is 0 Å². The van der Waals surface area contributed by atoms with Crippen molar-refractivity contribution in [2.24, 2.45) is 0 Å². The summed E-state index contributed by atoms with van der Waals surface area (Å²) in [4.78, 5) is 23.1. The van der Waals surface area contributed by atoms with Crippen molar-refractivity contribution >= 4 is 23.3 Å². The lowest BCUT2D eigenvalue weighted by atomic mass is 10.00. The van der Waals surface area contributed by atoms with Crippen LogP contribution in [0.25, 0.3) is 22.3 Å². The molecule has 0 saturated heterocycles. The molecule has 0 radical (unpaired) electrons. The Morgan fingerprint density at radius 1 is 0.576 bits per heavy atom. The molecule has 4 aromatic rings. The third-order valence-corrected chi connectivity index (χ3v) is 5.12. The molecule has 0 unspecified atom stereocenters. The van der Waals surface area contributed by atoms with Crippen LogP contribution in [0, 0.1) is 0 Å². The lowest BCUT2D eigenvalue weighted by Gasteiger charge is -2.16. The first-order valence-corrected chi connectivity index (χ1v) is 9.96. The third-order valence-electron chi connectivity index (χ3n) is 5.12. The van der Waals surface area contributed by atoms with E-state index in [9.17, 15) is 19.8 Å². The normalized spacial score (nSPS) is 10.5. The minimum Gasteiger partial charge on any atom is -0.478 e. The van der Waals surface area contributed by atoms with E-state index in [4.69, 9.17) is 16.2 Å². The summed E-state index contributed by atoms with van der Waals surface area (Å²) in [5, 5.41) is 18.9. The minimum atomic E-state index is -1.06. The van der Waals surface area contributed by atoms with E-state index in [0.717, 1.165) is 11.1 Å². The summed E-state index contributed by atoms with van der Waals surface area (Å²) in [7, 11) is 0. The largest absolute Gasteiger partial charge is 0.478 e. The maximum absolute atomic E-state index is 11.5. The van der Waals surface area contributed by atoms with E-state index in [1.807, 2.05) is 0 Å². The van der Waals surface area contributed by atoms with Gasteiger partial charge in [0.1, 0.15) is 11.5 Å². The number of nitrogen functional groups attached to an aromatic ring is 2. The Kier molecular flexibility index (Phi) is 5.69. The number of ether oxygens (including phenoxy) is 1. The van der Waals surface area contributed by atoms with E-state index >= 15 is 0 Å². The van der Waals surface area contributed by atoms with Crippen molar-refractivity contribution in [3.8, 4) is 33.8 Å². The number of anilines is 2. The maximum Gasteiger partial charge on any atom is 0.335 e. The predicted octanol–water partition coefficient (Wildman–Crippen LogP) is 5.37. The smallest absolute Gasteiger partial charge is 0.335 e. The van der Waals surface area contributed by atoms with E-state index in [1.165, 1.54) is 24.3 Å². The molecule has 0 aliphatic carbocycles. The molecular formula is C26H20N2O5. The number of nitrogens with two attached hydrogens (primary N) is 2. The van der Waals surface area contributed by atoms with Crippen LogP contribution in [0.15, 0.2) is 84.9 Å². The van der Waals surface area contributed by atoms with Crippen LogP contribution in [0.3, 0.4) is 0 Å². The van der Waals surface area contributed by atoms with Crippen LogP contribution in [-0.4, -0.2) is 22.2 Å². The van der Waals surface area contributed by atoms with Crippen LogP contribution in [-0.2, 0) is 0 Å². The molecule has 7 heteroatoms. The Morgan fingerprint density at radius 3 is 1.27 bits per heavy atom. The Labute approximate surface area is 189 Å². The van der Waals surface area contributed by atoms with Crippen LogP contribution in [0.1, 0.15) is 20.7 Å². The molecule has 6 N–H and O–H groups in total. The summed E-state index contributed by atoms with van der Waals surface area (Å²) in [5.41, 5.74) is 15.5. The fourth-order valence-electron chi connectivity index (χ4n) is 3.40. The van der Waals surface area contributed by atoms with Crippen LogP contribution < -0.4 is 16.2 Å². The zero-order valence-electron chi connectivity index (χ0n) is 17.4. The number of hydrogen-bond acceptors (Lipinski definition) is 5. The zero-order chi connectivity index (χ0) is 23.5. The van der Waals surface area contributed by atoms with Gasteiger partial charge in [-0.25, -0.2) is 9.59 Å². The molecule has 164 valence electrons. The average Bonchev–Trinajstić information content (AvgIpc) is 2.80. The van der Waals surface area contributed by atoms with Crippen LogP contribution in [0.2, 0.25) is 0 Å². The summed E-state index contributed by atoms with van der Waals surface area (Å²) in [6.45, 7) is 0. The quantitative estimate of drug-likeness (QED) is 0.296. The van der Waals surface area contributed by atoms with Crippen LogP contribution in [0.5, 0.6) is 11.5 Å². The van der Waals surface area contributed by atoms with Crippen molar-refractivity contribution in [2.45, 2.75) is 0 Å². The van der Waals surface area contributed by atoms with Crippen LogP contribution >= 0.6 is 0 Å². The number of carboxylic acid groups (broad SMARTS) is 2. The summed E-state index contributed by atoms with van der Waals surface area (Å²) in [6.07, 6.45) is 0. The first-order chi connectivity index (χ1) is 15.8. The standard InChI is InChI=1S/C26H20N2O5/c27-19-7-1-15(2-8-19)21-13-17(25(29)30)5-11-23(21)33-24-12-6-18(26(31)32)14-22(24)16-3-9-20(28)10-4-16/h1-14H,27-28H2,(H,29,30)(H,31,32). The van der Waals surface area contributed by atoms with Crippen molar-refractivity contribution in [1.82, 2.24) is 0 Å². The van der Waals surface area contributed by atoms with Gasteiger partial charge in [0.25, 0.3) is 0 Å². The fraction of sp³-hybridized carbons (Fsp3) is 0. The number of aromatic carboxylic acids is 2. The highest BCUT2D eigenvalue weighted by atomic mass is 16.5. The van der Waals surface area contributed by atoms with Gasteiger partial charge < -0.3 is 26.4 Å². The molecule has 0 bridgehead atoms. The molecule has 0 amide bonds. The molecule has 0 fully saturated rings. The molecule has 4 rings (SSSR count). The molecule has 0 saturated carbocycles.